The predicted octanol–water partition coefficient (Wildman–Crippen LogP) is 2.31. The number of aliphatic carboxylic acids is 1. The zero-order chi connectivity index (χ0) is 26.5. The number of carbonyl (C=O) groups excluding carboxylic acids is 3. The number of amides is 3. The van der Waals surface area contributed by atoms with Gasteiger partial charge in [0.05, 0.1) is 23.7 Å². The number of phenols is 1. The smallest absolute Gasteiger partial charge is 0.305 e. The van der Waals surface area contributed by atoms with E-state index in [2.05, 4.69) is 10.6 Å². The van der Waals surface area contributed by atoms with Gasteiger partial charge in [0.2, 0.25) is 11.8 Å². The normalized spacial score (nSPS) is 15.8. The maximum absolute atomic E-state index is 13.6. The van der Waals surface area contributed by atoms with Gasteiger partial charge in [-0.1, -0.05) is 42.5 Å². The highest BCUT2D eigenvalue weighted by Gasteiger charge is 2.37. The summed E-state index contributed by atoms with van der Waals surface area (Å²) in [6, 6.07) is 17.4. The zero-order valence-electron chi connectivity index (χ0n) is 19.8. The van der Waals surface area contributed by atoms with Crippen LogP contribution in [0.3, 0.4) is 0 Å². The van der Waals surface area contributed by atoms with Crippen LogP contribution in [-0.4, -0.2) is 51.4 Å². The summed E-state index contributed by atoms with van der Waals surface area (Å²) in [7, 11) is 0. The second-order valence-electron chi connectivity index (χ2n) is 8.74. The van der Waals surface area contributed by atoms with Gasteiger partial charge >= 0.3 is 5.97 Å². The van der Waals surface area contributed by atoms with Crippen LogP contribution in [0.5, 0.6) is 5.75 Å². The fourth-order valence-corrected chi connectivity index (χ4v) is 4.25. The van der Waals surface area contributed by atoms with Gasteiger partial charge < -0.3 is 31.5 Å². The molecule has 1 aliphatic rings. The third kappa shape index (κ3) is 6.04. The summed E-state index contributed by atoms with van der Waals surface area (Å²) in [5.41, 5.74) is 7.87. The molecule has 0 spiro atoms. The van der Waals surface area contributed by atoms with E-state index in [1.807, 2.05) is 0 Å². The molecule has 0 saturated carbocycles. The maximum atomic E-state index is 13.6. The Bertz CT molecular complexity index is 1330. The van der Waals surface area contributed by atoms with Crippen LogP contribution in [0.4, 0.5) is 11.4 Å². The summed E-state index contributed by atoms with van der Waals surface area (Å²) in [5.74, 6) is -2.75. The average molecular weight is 503 g/mol. The second-order valence-corrected chi connectivity index (χ2v) is 8.74. The molecule has 10 nitrogen and oxygen atoms in total. The minimum Gasteiger partial charge on any atom is -0.508 e. The average Bonchev–Trinajstić information content (AvgIpc) is 2.95. The van der Waals surface area contributed by atoms with E-state index in [1.165, 1.54) is 24.3 Å². The number of aromatic hydroxyl groups is 1. The molecule has 1 unspecified atom stereocenters. The van der Waals surface area contributed by atoms with Gasteiger partial charge in [-0.05, 0) is 41.5 Å². The van der Waals surface area contributed by atoms with Crippen molar-refractivity contribution in [3.05, 3.63) is 89.5 Å². The number of phenolic OH excluding ortho intramolecular Hbond substituents is 1. The van der Waals surface area contributed by atoms with E-state index in [9.17, 15) is 29.4 Å². The summed E-state index contributed by atoms with van der Waals surface area (Å²) in [6.45, 7) is -0.494. The Morgan fingerprint density at radius 2 is 1.73 bits per heavy atom. The number of hydrogen-bond donors (Lipinski definition) is 5. The predicted molar refractivity (Wildman–Crippen MR) is 136 cm³/mol. The van der Waals surface area contributed by atoms with Crippen molar-refractivity contribution in [3.8, 4) is 5.75 Å². The fraction of sp³-hybridized carbons (Fsp3) is 0.185. The van der Waals surface area contributed by atoms with Gasteiger partial charge in [-0.25, -0.2) is 0 Å². The highest BCUT2D eigenvalue weighted by molar-refractivity contribution is 6.11. The molecule has 10 heteroatoms. The Morgan fingerprint density at radius 3 is 2.41 bits per heavy atom. The molecule has 0 aliphatic carbocycles. The van der Waals surface area contributed by atoms with Crippen LogP contribution < -0.4 is 16.4 Å². The summed E-state index contributed by atoms with van der Waals surface area (Å²) < 4.78 is 0. The van der Waals surface area contributed by atoms with Crippen molar-refractivity contribution in [2.24, 2.45) is 0 Å². The molecule has 3 amide bonds. The van der Waals surface area contributed by atoms with Crippen molar-refractivity contribution >= 4 is 35.1 Å². The first kappa shape index (κ1) is 25.2. The Kier molecular flexibility index (Phi) is 7.38. The number of carboxylic acids is 1. The van der Waals surface area contributed by atoms with Crippen molar-refractivity contribution in [3.63, 3.8) is 0 Å². The van der Waals surface area contributed by atoms with E-state index in [-0.39, 0.29) is 29.8 Å². The Labute approximate surface area is 212 Å². The number of carbonyl (C=O) groups is 4. The van der Waals surface area contributed by atoms with Crippen LogP contribution in [0.2, 0.25) is 0 Å². The lowest BCUT2D eigenvalue weighted by Gasteiger charge is -2.29. The van der Waals surface area contributed by atoms with Crippen LogP contribution in [0, 0.1) is 0 Å². The van der Waals surface area contributed by atoms with Crippen LogP contribution in [0.1, 0.15) is 33.9 Å². The molecule has 0 fully saturated rings. The molecular formula is C27H26N4O6. The number of nitrogens with zero attached hydrogens (tertiary/aromatic N) is 1. The fourth-order valence-electron chi connectivity index (χ4n) is 4.25. The largest absolute Gasteiger partial charge is 0.508 e. The lowest BCUT2D eigenvalue weighted by Crippen LogP contribution is -2.51. The van der Waals surface area contributed by atoms with Crippen molar-refractivity contribution in [1.82, 2.24) is 10.2 Å². The van der Waals surface area contributed by atoms with Crippen molar-refractivity contribution in [2.75, 3.05) is 17.6 Å². The first-order chi connectivity index (χ1) is 17.7. The first-order valence-electron chi connectivity index (χ1n) is 11.6. The highest BCUT2D eigenvalue weighted by atomic mass is 16.4. The minimum absolute atomic E-state index is 0.0506. The number of anilines is 2. The SMILES string of the molecule is Nc1ccc2c(c1)C(=O)N(CC(=O)NC(CC(=O)O)c1ccccc1)[C@@H](Cc1ccc(O)cc1)C(=O)N2. The number of carboxylic acid groups (broad SMARTS) is 1. The van der Waals surface area contributed by atoms with Gasteiger partial charge in [0.25, 0.3) is 5.91 Å². The lowest BCUT2D eigenvalue weighted by atomic mass is 10.0. The van der Waals surface area contributed by atoms with Crippen molar-refractivity contribution < 1.29 is 29.4 Å². The molecule has 6 N–H and O–H groups in total. The molecule has 3 aromatic carbocycles. The number of nitrogens with two attached hydrogens (primary N) is 1. The summed E-state index contributed by atoms with van der Waals surface area (Å²) in [4.78, 5) is 52.7. The van der Waals surface area contributed by atoms with E-state index in [4.69, 9.17) is 5.73 Å². The van der Waals surface area contributed by atoms with E-state index < -0.39 is 42.3 Å². The van der Waals surface area contributed by atoms with Gasteiger partial charge in [0.1, 0.15) is 18.3 Å². The van der Waals surface area contributed by atoms with Gasteiger partial charge in [-0.3, -0.25) is 19.2 Å². The lowest BCUT2D eigenvalue weighted by molar-refractivity contribution is -0.137. The number of rotatable bonds is 8. The van der Waals surface area contributed by atoms with Crippen molar-refractivity contribution in [1.29, 1.82) is 0 Å². The summed E-state index contributed by atoms with van der Waals surface area (Å²) >= 11 is 0. The standard InChI is InChI=1S/C27H26N4O6/c28-18-8-11-21-20(13-18)27(37)31(23(26(36)30-21)12-16-6-9-19(32)10-7-16)15-24(33)29-22(14-25(34)35)17-4-2-1-3-5-17/h1-11,13,22-23,32H,12,14-15,28H2,(H,29,33)(H,30,36)(H,34,35)/t22?,23-/m0/s1. The van der Waals surface area contributed by atoms with Crippen LogP contribution >= 0.6 is 0 Å². The molecular weight excluding hydrogens is 476 g/mol. The molecule has 0 bridgehead atoms. The molecule has 190 valence electrons. The van der Waals surface area contributed by atoms with E-state index in [1.54, 1.807) is 48.5 Å². The van der Waals surface area contributed by atoms with E-state index in [0.717, 1.165) is 4.90 Å². The minimum atomic E-state index is -1.10. The Morgan fingerprint density at radius 1 is 1.03 bits per heavy atom. The van der Waals surface area contributed by atoms with E-state index >= 15 is 0 Å². The number of nitrogens with one attached hydrogen (secondary N) is 2. The number of fused-ring (bicyclic) bond motifs is 1. The molecule has 0 saturated heterocycles. The van der Waals surface area contributed by atoms with E-state index in [0.29, 0.717) is 16.8 Å². The monoisotopic (exact) mass is 502 g/mol. The molecule has 1 heterocycles. The molecule has 0 radical (unpaired) electrons. The molecule has 0 aromatic heterocycles. The summed E-state index contributed by atoms with van der Waals surface area (Å²) in [5, 5.41) is 24.4. The zero-order valence-corrected chi connectivity index (χ0v) is 19.8. The van der Waals surface area contributed by atoms with Crippen LogP contribution in [0.25, 0.3) is 0 Å². The summed E-state index contributed by atoms with van der Waals surface area (Å²) in [6.07, 6.45) is -0.285. The Balaban J connectivity index is 1.65. The van der Waals surface area contributed by atoms with Crippen LogP contribution in [-0.2, 0) is 20.8 Å². The highest BCUT2D eigenvalue weighted by Crippen LogP contribution is 2.27. The number of nitrogen functional groups attached to an aromatic ring is 1. The third-order valence-electron chi connectivity index (χ3n) is 6.07. The van der Waals surface area contributed by atoms with Gasteiger partial charge in [-0.2, -0.15) is 0 Å². The second kappa shape index (κ2) is 10.8. The van der Waals surface area contributed by atoms with Gasteiger partial charge in [0, 0.05) is 12.1 Å². The number of hydrogen-bond acceptors (Lipinski definition) is 6. The van der Waals surface area contributed by atoms with Crippen molar-refractivity contribution in [2.45, 2.75) is 24.9 Å². The molecule has 2 atom stereocenters. The quantitative estimate of drug-likeness (QED) is 0.295. The topological polar surface area (TPSA) is 162 Å². The third-order valence-corrected chi connectivity index (χ3v) is 6.07. The molecule has 3 aromatic rings. The molecule has 1 aliphatic heterocycles. The number of benzene rings is 3. The maximum Gasteiger partial charge on any atom is 0.305 e. The Hall–Kier alpha value is -4.86. The molecule has 37 heavy (non-hydrogen) atoms. The van der Waals surface area contributed by atoms with Gasteiger partial charge in [-0.15, -0.1) is 0 Å². The first-order valence-corrected chi connectivity index (χ1v) is 11.6. The van der Waals surface area contributed by atoms with Crippen LogP contribution in [0.15, 0.2) is 72.8 Å². The molecule has 4 rings (SSSR count). The van der Waals surface area contributed by atoms with Gasteiger partial charge in [0.15, 0.2) is 0 Å².